The van der Waals surface area contributed by atoms with E-state index in [2.05, 4.69) is 0 Å². The average Bonchev–Trinajstić information content (AvgIpc) is 2.96. The normalized spacial score (nSPS) is 12.9. The van der Waals surface area contributed by atoms with Gasteiger partial charge in [0.1, 0.15) is 5.82 Å². The number of hydrogen-bond donors (Lipinski definition) is 0. The second-order valence-corrected chi connectivity index (χ2v) is 5.57. The largest absolute Gasteiger partial charge is 0.465 e. The van der Waals surface area contributed by atoms with Gasteiger partial charge in [-0.1, -0.05) is 11.6 Å². The molecule has 23 heavy (non-hydrogen) atoms. The molecule has 0 saturated heterocycles. The van der Waals surface area contributed by atoms with Crippen molar-refractivity contribution in [1.29, 1.82) is 0 Å². The number of halogens is 2. The third kappa shape index (κ3) is 2.80. The maximum atomic E-state index is 13.1. The molecule has 0 N–H and O–H groups in total. The van der Waals surface area contributed by atoms with Crippen molar-refractivity contribution in [3.8, 4) is 0 Å². The highest BCUT2D eigenvalue weighted by Gasteiger charge is 2.27. The van der Waals surface area contributed by atoms with Crippen LogP contribution in [0.4, 0.5) is 10.1 Å². The average molecular weight is 334 g/mol. The van der Waals surface area contributed by atoms with Gasteiger partial charge in [-0.2, -0.15) is 0 Å². The predicted molar refractivity (Wildman–Crippen MR) is 84.6 cm³/mol. The first-order valence-electron chi connectivity index (χ1n) is 6.99. The Labute approximate surface area is 137 Å². The Morgan fingerprint density at radius 3 is 2.70 bits per heavy atom. The van der Waals surface area contributed by atoms with E-state index >= 15 is 0 Å². The van der Waals surface area contributed by atoms with E-state index in [0.29, 0.717) is 18.5 Å². The van der Waals surface area contributed by atoms with Gasteiger partial charge in [0.25, 0.3) is 5.91 Å². The van der Waals surface area contributed by atoms with E-state index in [1.807, 2.05) is 0 Å². The lowest BCUT2D eigenvalue weighted by Crippen LogP contribution is -2.29. The number of carbonyl (C=O) groups is 2. The Balaban J connectivity index is 1.93. The monoisotopic (exact) mass is 333 g/mol. The summed E-state index contributed by atoms with van der Waals surface area (Å²) in [6.45, 7) is 0.479. The van der Waals surface area contributed by atoms with Crippen LogP contribution in [-0.2, 0) is 11.2 Å². The van der Waals surface area contributed by atoms with E-state index in [1.165, 1.54) is 19.2 Å². The number of anilines is 1. The Kier molecular flexibility index (Phi) is 4.05. The van der Waals surface area contributed by atoms with Crippen LogP contribution in [0.25, 0.3) is 0 Å². The van der Waals surface area contributed by atoms with Crippen LogP contribution in [0.2, 0.25) is 5.02 Å². The smallest absolute Gasteiger partial charge is 0.337 e. The molecule has 1 aliphatic heterocycles. The summed E-state index contributed by atoms with van der Waals surface area (Å²) in [6.07, 6.45) is 0.630. The molecule has 2 aromatic carbocycles. The van der Waals surface area contributed by atoms with Gasteiger partial charge in [0.15, 0.2) is 0 Å². The van der Waals surface area contributed by atoms with Crippen LogP contribution in [0.15, 0.2) is 36.4 Å². The van der Waals surface area contributed by atoms with Gasteiger partial charge in [-0.05, 0) is 48.4 Å². The molecule has 2 aromatic rings. The lowest BCUT2D eigenvalue weighted by molar-refractivity contribution is 0.0600. The Morgan fingerprint density at radius 2 is 2.00 bits per heavy atom. The topological polar surface area (TPSA) is 46.6 Å². The number of methoxy groups -OCH3 is 1. The van der Waals surface area contributed by atoms with Gasteiger partial charge < -0.3 is 9.64 Å². The van der Waals surface area contributed by atoms with Crippen LogP contribution in [0.3, 0.4) is 0 Å². The van der Waals surface area contributed by atoms with E-state index in [0.717, 1.165) is 17.3 Å². The lowest BCUT2D eigenvalue weighted by Gasteiger charge is -2.18. The van der Waals surface area contributed by atoms with Crippen LogP contribution < -0.4 is 4.90 Å². The molecule has 0 unspecified atom stereocenters. The molecule has 0 bridgehead atoms. The van der Waals surface area contributed by atoms with Crippen LogP contribution in [-0.4, -0.2) is 25.5 Å². The molecule has 118 valence electrons. The van der Waals surface area contributed by atoms with Gasteiger partial charge in [0.2, 0.25) is 0 Å². The maximum Gasteiger partial charge on any atom is 0.337 e. The second-order valence-electron chi connectivity index (χ2n) is 5.17. The molecule has 6 heteroatoms. The van der Waals surface area contributed by atoms with Gasteiger partial charge >= 0.3 is 5.97 Å². The van der Waals surface area contributed by atoms with Crippen molar-refractivity contribution in [1.82, 2.24) is 0 Å². The Bertz CT molecular complexity index is 806. The number of esters is 1. The van der Waals surface area contributed by atoms with Crippen molar-refractivity contribution in [3.05, 3.63) is 63.9 Å². The number of amides is 1. The van der Waals surface area contributed by atoms with Gasteiger partial charge in [-0.15, -0.1) is 0 Å². The zero-order valence-corrected chi connectivity index (χ0v) is 13.1. The minimum Gasteiger partial charge on any atom is -0.465 e. The highest BCUT2D eigenvalue weighted by Crippen LogP contribution is 2.31. The van der Waals surface area contributed by atoms with Crippen LogP contribution in [0, 0.1) is 5.82 Å². The molecule has 0 atom stereocenters. The molecule has 0 spiro atoms. The minimum absolute atomic E-state index is 0.0784. The van der Waals surface area contributed by atoms with E-state index in [9.17, 15) is 14.0 Å². The highest BCUT2D eigenvalue weighted by molar-refractivity contribution is 6.34. The van der Waals surface area contributed by atoms with E-state index in [-0.39, 0.29) is 16.5 Å². The first-order chi connectivity index (χ1) is 11.0. The first-order valence-corrected chi connectivity index (χ1v) is 7.37. The maximum absolute atomic E-state index is 13.1. The number of hydrogen-bond acceptors (Lipinski definition) is 3. The minimum atomic E-state index is -0.490. The third-order valence-electron chi connectivity index (χ3n) is 3.80. The standard InChI is InChI=1S/C17H13ClFNO3/c1-23-17(22)11-2-5-15-10(8-11)6-7-20(15)16(21)13-4-3-12(19)9-14(13)18/h2-5,8-9H,6-7H2,1H3. The third-order valence-corrected chi connectivity index (χ3v) is 4.12. The summed E-state index contributed by atoms with van der Waals surface area (Å²) < 4.78 is 17.8. The molecule has 0 radical (unpaired) electrons. The highest BCUT2D eigenvalue weighted by atomic mass is 35.5. The summed E-state index contributed by atoms with van der Waals surface area (Å²) in [5.74, 6) is -1.20. The molecule has 4 nitrogen and oxygen atoms in total. The number of rotatable bonds is 2. The zero-order valence-electron chi connectivity index (χ0n) is 12.3. The van der Waals surface area contributed by atoms with Crippen LogP contribution in [0.5, 0.6) is 0 Å². The summed E-state index contributed by atoms with van der Waals surface area (Å²) in [5, 5.41) is 0.0784. The molecule has 3 rings (SSSR count). The number of benzene rings is 2. The van der Waals surface area contributed by atoms with E-state index in [4.69, 9.17) is 16.3 Å². The first kappa shape index (κ1) is 15.5. The summed E-state index contributed by atoms with van der Waals surface area (Å²) in [5.41, 5.74) is 2.31. The second kappa shape index (κ2) is 6.01. The SMILES string of the molecule is COC(=O)c1ccc2c(c1)CCN2C(=O)c1ccc(F)cc1Cl. The molecule has 1 aliphatic rings. The van der Waals surface area contributed by atoms with Crippen LogP contribution >= 0.6 is 11.6 Å². The summed E-state index contributed by atoms with van der Waals surface area (Å²) in [6, 6.07) is 8.75. The van der Waals surface area contributed by atoms with Crippen molar-refractivity contribution in [2.45, 2.75) is 6.42 Å². The molecule has 0 aliphatic carbocycles. The van der Waals surface area contributed by atoms with Crippen molar-refractivity contribution < 1.29 is 18.7 Å². The van der Waals surface area contributed by atoms with Gasteiger partial charge in [-0.3, -0.25) is 4.79 Å². The van der Waals surface area contributed by atoms with Crippen molar-refractivity contribution in [2.24, 2.45) is 0 Å². The zero-order chi connectivity index (χ0) is 16.6. The molecular formula is C17H13ClFNO3. The fourth-order valence-corrected chi connectivity index (χ4v) is 2.91. The number of carbonyl (C=O) groups excluding carboxylic acids is 2. The Morgan fingerprint density at radius 1 is 1.22 bits per heavy atom. The van der Waals surface area contributed by atoms with Gasteiger partial charge in [0, 0.05) is 12.2 Å². The fraction of sp³-hybridized carbons (Fsp3) is 0.176. The lowest BCUT2D eigenvalue weighted by atomic mass is 10.1. The van der Waals surface area contributed by atoms with E-state index in [1.54, 1.807) is 23.1 Å². The molecular weight excluding hydrogens is 321 g/mol. The quantitative estimate of drug-likeness (QED) is 0.791. The number of ether oxygens (including phenoxy) is 1. The van der Waals surface area contributed by atoms with Crippen LogP contribution in [0.1, 0.15) is 26.3 Å². The molecule has 0 saturated carbocycles. The summed E-state index contributed by atoms with van der Waals surface area (Å²) in [7, 11) is 1.32. The summed E-state index contributed by atoms with van der Waals surface area (Å²) >= 11 is 5.97. The van der Waals surface area contributed by atoms with Crippen molar-refractivity contribution in [3.63, 3.8) is 0 Å². The molecule has 1 heterocycles. The Hall–Kier alpha value is -2.40. The van der Waals surface area contributed by atoms with E-state index < -0.39 is 11.8 Å². The fourth-order valence-electron chi connectivity index (χ4n) is 2.67. The molecule has 0 aromatic heterocycles. The molecule has 1 amide bonds. The number of fused-ring (bicyclic) bond motifs is 1. The predicted octanol–water partition coefficient (Wildman–Crippen LogP) is 3.47. The number of nitrogens with zero attached hydrogens (tertiary/aromatic N) is 1. The summed E-state index contributed by atoms with van der Waals surface area (Å²) in [4.78, 5) is 25.8. The van der Waals surface area contributed by atoms with Gasteiger partial charge in [0.05, 0.1) is 23.3 Å². The molecule has 0 fully saturated rings. The van der Waals surface area contributed by atoms with Crippen molar-refractivity contribution in [2.75, 3.05) is 18.6 Å². The van der Waals surface area contributed by atoms with Gasteiger partial charge in [-0.25, -0.2) is 9.18 Å². The van der Waals surface area contributed by atoms with Crippen molar-refractivity contribution >= 4 is 29.2 Å².